The van der Waals surface area contributed by atoms with E-state index in [0.717, 1.165) is 44.7 Å². The van der Waals surface area contributed by atoms with Crippen molar-refractivity contribution >= 4 is 5.91 Å². The number of rotatable bonds is 3. The minimum atomic E-state index is -0.0452. The van der Waals surface area contributed by atoms with Crippen LogP contribution >= 0.6 is 0 Å². The Morgan fingerprint density at radius 2 is 2.30 bits per heavy atom. The number of aromatic nitrogens is 1. The van der Waals surface area contributed by atoms with Crippen molar-refractivity contribution in [2.24, 2.45) is 5.92 Å². The van der Waals surface area contributed by atoms with Crippen LogP contribution < -0.4 is 0 Å². The highest BCUT2D eigenvalue weighted by atomic mass is 16.7. The standard InChI is InChI=1S/C17H23N3O3/c21-17(20-7-3-8-23-20)13-10-16-15(5-9-22-16)19(11-13)12-14-4-1-2-6-18-14/h1-2,4,6,13,15-16H,3,5,7-12H2/t13-,15+,16+/m0/s1. The lowest BCUT2D eigenvalue weighted by molar-refractivity contribution is -0.177. The molecule has 3 saturated heterocycles. The molecular weight excluding hydrogens is 294 g/mol. The smallest absolute Gasteiger partial charge is 0.250 e. The van der Waals surface area contributed by atoms with Gasteiger partial charge in [-0.25, -0.2) is 5.06 Å². The summed E-state index contributed by atoms with van der Waals surface area (Å²) >= 11 is 0. The van der Waals surface area contributed by atoms with Crippen LogP contribution in [0.2, 0.25) is 0 Å². The van der Waals surface area contributed by atoms with Crippen LogP contribution in [0.3, 0.4) is 0 Å². The van der Waals surface area contributed by atoms with Gasteiger partial charge in [0.15, 0.2) is 0 Å². The number of piperidine rings is 1. The molecule has 0 bridgehead atoms. The Labute approximate surface area is 136 Å². The van der Waals surface area contributed by atoms with E-state index in [-0.39, 0.29) is 17.9 Å². The summed E-state index contributed by atoms with van der Waals surface area (Å²) in [5.41, 5.74) is 1.05. The first-order valence-electron chi connectivity index (χ1n) is 8.51. The summed E-state index contributed by atoms with van der Waals surface area (Å²) in [6.45, 7) is 3.69. The van der Waals surface area contributed by atoms with Gasteiger partial charge in [0, 0.05) is 31.9 Å². The zero-order valence-electron chi connectivity index (χ0n) is 13.3. The molecule has 0 aliphatic carbocycles. The molecule has 0 unspecified atom stereocenters. The van der Waals surface area contributed by atoms with Gasteiger partial charge in [-0.1, -0.05) is 6.07 Å². The Kier molecular flexibility index (Phi) is 4.29. The van der Waals surface area contributed by atoms with Gasteiger partial charge >= 0.3 is 0 Å². The number of nitrogens with zero attached hydrogens (tertiary/aromatic N) is 3. The van der Waals surface area contributed by atoms with Crippen molar-refractivity contribution in [1.82, 2.24) is 14.9 Å². The van der Waals surface area contributed by atoms with Crippen LogP contribution in [0, 0.1) is 5.92 Å². The summed E-state index contributed by atoms with van der Waals surface area (Å²) in [6, 6.07) is 6.38. The number of hydroxylamine groups is 2. The van der Waals surface area contributed by atoms with Gasteiger partial charge < -0.3 is 4.74 Å². The second-order valence-corrected chi connectivity index (χ2v) is 6.58. The Bertz CT molecular complexity index is 547. The molecule has 0 saturated carbocycles. The molecule has 0 radical (unpaired) electrons. The third kappa shape index (κ3) is 3.11. The fraction of sp³-hybridized carbons (Fsp3) is 0.647. The van der Waals surface area contributed by atoms with E-state index in [4.69, 9.17) is 9.57 Å². The first-order valence-corrected chi connectivity index (χ1v) is 8.51. The highest BCUT2D eigenvalue weighted by Crippen LogP contribution is 2.33. The van der Waals surface area contributed by atoms with Gasteiger partial charge in [-0.3, -0.25) is 19.5 Å². The third-order valence-electron chi connectivity index (χ3n) is 5.05. The number of hydrogen-bond donors (Lipinski definition) is 0. The van der Waals surface area contributed by atoms with E-state index < -0.39 is 0 Å². The van der Waals surface area contributed by atoms with E-state index in [1.54, 1.807) is 5.06 Å². The Morgan fingerprint density at radius 3 is 3.09 bits per heavy atom. The molecule has 124 valence electrons. The van der Waals surface area contributed by atoms with Gasteiger partial charge in [0.1, 0.15) is 0 Å². The van der Waals surface area contributed by atoms with Crippen molar-refractivity contribution in [3.63, 3.8) is 0 Å². The summed E-state index contributed by atoms with van der Waals surface area (Å²) in [6.07, 6.45) is 4.76. The second kappa shape index (κ2) is 6.55. The van der Waals surface area contributed by atoms with Crippen LogP contribution in [0.15, 0.2) is 24.4 Å². The first kappa shape index (κ1) is 15.1. The molecule has 3 atom stereocenters. The topological polar surface area (TPSA) is 54.9 Å². The van der Waals surface area contributed by atoms with Crippen LogP contribution in [0.1, 0.15) is 25.0 Å². The molecule has 1 amide bonds. The molecule has 3 aliphatic heterocycles. The SMILES string of the molecule is O=C([C@H]1C[C@H]2OCC[C@H]2N(Cc2ccccn2)C1)N1CCCO1. The van der Waals surface area contributed by atoms with Crippen LogP contribution in [0.25, 0.3) is 0 Å². The van der Waals surface area contributed by atoms with Gasteiger partial charge in [0.05, 0.1) is 30.9 Å². The van der Waals surface area contributed by atoms with Crippen molar-refractivity contribution < 1.29 is 14.4 Å². The summed E-state index contributed by atoms with van der Waals surface area (Å²) in [5.74, 6) is 0.0682. The molecule has 6 nitrogen and oxygen atoms in total. The van der Waals surface area contributed by atoms with Gasteiger partial charge in [0.25, 0.3) is 5.91 Å². The molecular formula is C17H23N3O3. The summed E-state index contributed by atoms with van der Waals surface area (Å²) < 4.78 is 5.89. The number of carbonyl (C=O) groups is 1. The Morgan fingerprint density at radius 1 is 1.35 bits per heavy atom. The minimum Gasteiger partial charge on any atom is -0.377 e. The molecule has 1 aromatic rings. The number of hydrogen-bond acceptors (Lipinski definition) is 5. The molecule has 23 heavy (non-hydrogen) atoms. The highest BCUT2D eigenvalue weighted by Gasteiger charge is 2.43. The van der Waals surface area contributed by atoms with E-state index in [2.05, 4.69) is 9.88 Å². The van der Waals surface area contributed by atoms with Crippen molar-refractivity contribution in [1.29, 1.82) is 0 Å². The van der Waals surface area contributed by atoms with Crippen molar-refractivity contribution in [2.75, 3.05) is 26.3 Å². The predicted molar refractivity (Wildman–Crippen MR) is 83.2 cm³/mol. The fourth-order valence-electron chi connectivity index (χ4n) is 3.94. The van der Waals surface area contributed by atoms with Gasteiger partial charge in [0.2, 0.25) is 0 Å². The lowest BCUT2D eigenvalue weighted by Gasteiger charge is -2.40. The van der Waals surface area contributed by atoms with Crippen molar-refractivity contribution in [2.45, 2.75) is 38.0 Å². The van der Waals surface area contributed by atoms with Gasteiger partial charge in [-0.05, 0) is 31.4 Å². The third-order valence-corrected chi connectivity index (χ3v) is 5.05. The normalized spacial score (nSPS) is 31.3. The second-order valence-electron chi connectivity index (χ2n) is 6.58. The number of carbonyl (C=O) groups excluding carboxylic acids is 1. The molecule has 4 heterocycles. The largest absolute Gasteiger partial charge is 0.377 e. The number of fused-ring (bicyclic) bond motifs is 1. The zero-order valence-corrected chi connectivity index (χ0v) is 13.3. The van der Waals surface area contributed by atoms with Crippen molar-refractivity contribution in [3.8, 4) is 0 Å². The van der Waals surface area contributed by atoms with Crippen LogP contribution in [0.4, 0.5) is 0 Å². The number of ether oxygens (including phenoxy) is 1. The van der Waals surface area contributed by atoms with Gasteiger partial charge in [-0.15, -0.1) is 0 Å². The van der Waals surface area contributed by atoms with Crippen molar-refractivity contribution in [3.05, 3.63) is 30.1 Å². The number of amides is 1. The monoisotopic (exact) mass is 317 g/mol. The summed E-state index contributed by atoms with van der Waals surface area (Å²) in [4.78, 5) is 24.9. The Hall–Kier alpha value is -1.50. The zero-order chi connectivity index (χ0) is 15.6. The molecule has 0 aromatic carbocycles. The quantitative estimate of drug-likeness (QED) is 0.839. The number of pyridine rings is 1. The number of likely N-dealkylation sites (tertiary alicyclic amines) is 1. The van der Waals surface area contributed by atoms with E-state index in [0.29, 0.717) is 19.2 Å². The highest BCUT2D eigenvalue weighted by molar-refractivity contribution is 5.78. The maximum absolute atomic E-state index is 12.7. The molecule has 0 N–H and O–H groups in total. The maximum Gasteiger partial charge on any atom is 0.250 e. The summed E-state index contributed by atoms with van der Waals surface area (Å²) in [5, 5.41) is 1.55. The summed E-state index contributed by atoms with van der Waals surface area (Å²) in [7, 11) is 0. The average Bonchev–Trinajstić information content (AvgIpc) is 3.26. The minimum absolute atomic E-state index is 0.0452. The predicted octanol–water partition coefficient (Wildman–Crippen LogP) is 1.22. The molecule has 3 aliphatic rings. The molecule has 1 aromatic heterocycles. The fourth-order valence-corrected chi connectivity index (χ4v) is 3.94. The van der Waals surface area contributed by atoms with E-state index >= 15 is 0 Å². The van der Waals surface area contributed by atoms with E-state index in [1.807, 2.05) is 24.4 Å². The molecule has 3 fully saturated rings. The molecule has 0 spiro atoms. The Balaban J connectivity index is 1.49. The molecule has 6 heteroatoms. The van der Waals surface area contributed by atoms with Crippen LogP contribution in [-0.2, 0) is 20.9 Å². The average molecular weight is 317 g/mol. The maximum atomic E-state index is 12.7. The lowest BCUT2D eigenvalue weighted by Crippen LogP contribution is -2.52. The van der Waals surface area contributed by atoms with E-state index in [1.165, 1.54) is 0 Å². The van der Waals surface area contributed by atoms with E-state index in [9.17, 15) is 4.79 Å². The first-order chi connectivity index (χ1) is 11.3. The lowest BCUT2D eigenvalue weighted by atomic mass is 9.89. The van der Waals surface area contributed by atoms with Gasteiger partial charge in [-0.2, -0.15) is 0 Å². The van der Waals surface area contributed by atoms with Crippen LogP contribution in [0.5, 0.6) is 0 Å². The molecule has 4 rings (SSSR count). The van der Waals surface area contributed by atoms with Crippen LogP contribution in [-0.4, -0.2) is 59.3 Å².